The molecule has 0 aliphatic heterocycles. The molecule has 2 rings (SSSR count). The molecule has 112 valence electrons. The van der Waals surface area contributed by atoms with Crippen molar-refractivity contribution in [1.82, 2.24) is 0 Å². The molecule has 0 bridgehead atoms. The second kappa shape index (κ2) is 7.14. The smallest absolute Gasteiger partial charge is 0.169 e. The molecule has 21 heavy (non-hydrogen) atoms. The van der Waals surface area contributed by atoms with Crippen molar-refractivity contribution in [3.63, 3.8) is 0 Å². The lowest BCUT2D eigenvalue weighted by molar-refractivity contribution is 0.321. The molecule has 0 aliphatic carbocycles. The average molecular weight is 285 g/mol. The van der Waals surface area contributed by atoms with Crippen molar-refractivity contribution < 1.29 is 9.47 Å². The quantitative estimate of drug-likeness (QED) is 0.870. The third kappa shape index (κ3) is 4.23. The van der Waals surface area contributed by atoms with Gasteiger partial charge in [-0.15, -0.1) is 0 Å². The number of nitrogens with two attached hydrogens (primary N) is 1. The van der Waals surface area contributed by atoms with Crippen LogP contribution < -0.4 is 15.2 Å². The van der Waals surface area contributed by atoms with Crippen LogP contribution in [0.25, 0.3) is 0 Å². The Balaban J connectivity index is 2.18. The number of rotatable bonds is 6. The summed E-state index contributed by atoms with van der Waals surface area (Å²) >= 11 is 0. The van der Waals surface area contributed by atoms with Crippen molar-refractivity contribution in [2.45, 2.75) is 33.2 Å². The SMILES string of the molecule is CCOc1ccccc1Oc1ccc(CC(C)N)c(C)c1. The average Bonchev–Trinajstić information content (AvgIpc) is 2.44. The lowest BCUT2D eigenvalue weighted by Gasteiger charge is -2.13. The van der Waals surface area contributed by atoms with Crippen LogP contribution >= 0.6 is 0 Å². The summed E-state index contributed by atoms with van der Waals surface area (Å²) in [6.45, 7) is 6.68. The molecule has 0 aromatic heterocycles. The molecular weight excluding hydrogens is 262 g/mol. The lowest BCUT2D eigenvalue weighted by Crippen LogP contribution is -2.18. The molecular formula is C18H23NO2. The standard InChI is InChI=1S/C18H23NO2/c1-4-20-17-7-5-6-8-18(17)21-16-10-9-15(12-14(3)19)13(2)11-16/h5-11,14H,4,12,19H2,1-3H3. The monoisotopic (exact) mass is 285 g/mol. The summed E-state index contributed by atoms with van der Waals surface area (Å²) in [5, 5.41) is 0. The summed E-state index contributed by atoms with van der Waals surface area (Å²) in [5.41, 5.74) is 8.31. The van der Waals surface area contributed by atoms with Gasteiger partial charge in [0.2, 0.25) is 0 Å². The Hall–Kier alpha value is -2.00. The van der Waals surface area contributed by atoms with E-state index < -0.39 is 0 Å². The molecule has 1 atom stereocenters. The molecule has 2 aromatic rings. The zero-order valence-electron chi connectivity index (χ0n) is 12.9. The maximum atomic E-state index is 5.95. The molecule has 0 saturated heterocycles. The highest BCUT2D eigenvalue weighted by atomic mass is 16.5. The first kappa shape index (κ1) is 15.4. The number of ether oxygens (including phenoxy) is 2. The van der Waals surface area contributed by atoms with Gasteiger partial charge in [0, 0.05) is 6.04 Å². The third-order valence-electron chi connectivity index (χ3n) is 3.23. The first-order valence-electron chi connectivity index (χ1n) is 7.35. The first-order valence-corrected chi connectivity index (χ1v) is 7.35. The minimum atomic E-state index is 0.161. The van der Waals surface area contributed by atoms with Gasteiger partial charge in [0.05, 0.1) is 6.61 Å². The predicted molar refractivity (Wildman–Crippen MR) is 86.2 cm³/mol. The van der Waals surface area contributed by atoms with E-state index in [1.807, 2.05) is 50.2 Å². The molecule has 0 spiro atoms. The Morgan fingerprint density at radius 3 is 2.43 bits per heavy atom. The van der Waals surface area contributed by atoms with Gasteiger partial charge in [-0.1, -0.05) is 18.2 Å². The molecule has 3 heteroatoms. The van der Waals surface area contributed by atoms with E-state index in [2.05, 4.69) is 13.0 Å². The van der Waals surface area contributed by atoms with Gasteiger partial charge < -0.3 is 15.2 Å². The van der Waals surface area contributed by atoms with Crippen molar-refractivity contribution in [2.24, 2.45) is 5.73 Å². The molecule has 2 N–H and O–H groups in total. The van der Waals surface area contributed by atoms with Gasteiger partial charge in [-0.25, -0.2) is 0 Å². The van der Waals surface area contributed by atoms with Gasteiger partial charge in [-0.2, -0.15) is 0 Å². The summed E-state index contributed by atoms with van der Waals surface area (Å²) in [6.07, 6.45) is 0.877. The highest BCUT2D eigenvalue weighted by Gasteiger charge is 2.07. The summed E-state index contributed by atoms with van der Waals surface area (Å²) in [4.78, 5) is 0. The molecule has 0 amide bonds. The van der Waals surface area contributed by atoms with E-state index in [1.165, 1.54) is 11.1 Å². The molecule has 0 fully saturated rings. The second-order valence-corrected chi connectivity index (χ2v) is 5.25. The highest BCUT2D eigenvalue weighted by Crippen LogP contribution is 2.32. The number of aryl methyl sites for hydroxylation is 1. The van der Waals surface area contributed by atoms with E-state index in [-0.39, 0.29) is 6.04 Å². The summed E-state index contributed by atoms with van der Waals surface area (Å²) < 4.78 is 11.5. The van der Waals surface area contributed by atoms with Crippen LogP contribution in [-0.4, -0.2) is 12.6 Å². The van der Waals surface area contributed by atoms with E-state index in [1.54, 1.807) is 0 Å². The highest BCUT2D eigenvalue weighted by molar-refractivity contribution is 5.44. The van der Waals surface area contributed by atoms with E-state index in [9.17, 15) is 0 Å². The maximum Gasteiger partial charge on any atom is 0.169 e. The predicted octanol–water partition coefficient (Wildman–Crippen LogP) is 4.08. The Kier molecular flexibility index (Phi) is 5.23. The van der Waals surface area contributed by atoms with E-state index in [0.29, 0.717) is 6.61 Å². The Bertz CT molecular complexity index is 594. The maximum absolute atomic E-state index is 5.95. The van der Waals surface area contributed by atoms with Crippen molar-refractivity contribution in [1.29, 1.82) is 0 Å². The normalized spacial score (nSPS) is 12.0. The van der Waals surface area contributed by atoms with Gasteiger partial charge in [0.25, 0.3) is 0 Å². The van der Waals surface area contributed by atoms with Crippen LogP contribution in [0.3, 0.4) is 0 Å². The Labute approximate surface area is 126 Å². The topological polar surface area (TPSA) is 44.5 Å². The van der Waals surface area contributed by atoms with E-state index in [4.69, 9.17) is 15.2 Å². The zero-order chi connectivity index (χ0) is 15.2. The number of hydrogen-bond acceptors (Lipinski definition) is 3. The largest absolute Gasteiger partial charge is 0.490 e. The summed E-state index contributed by atoms with van der Waals surface area (Å²) in [7, 11) is 0. The van der Waals surface area contributed by atoms with Gasteiger partial charge in [0.1, 0.15) is 5.75 Å². The van der Waals surface area contributed by atoms with Crippen LogP contribution in [0.4, 0.5) is 0 Å². The molecule has 0 aliphatic rings. The fourth-order valence-corrected chi connectivity index (χ4v) is 2.24. The van der Waals surface area contributed by atoms with Gasteiger partial charge in [-0.05, 0) is 62.6 Å². The van der Waals surface area contributed by atoms with Crippen LogP contribution in [0, 0.1) is 6.92 Å². The molecule has 0 saturated carbocycles. The van der Waals surface area contributed by atoms with Gasteiger partial charge >= 0.3 is 0 Å². The Morgan fingerprint density at radius 2 is 1.81 bits per heavy atom. The van der Waals surface area contributed by atoms with Gasteiger partial charge in [0.15, 0.2) is 11.5 Å². The zero-order valence-corrected chi connectivity index (χ0v) is 12.9. The first-order chi connectivity index (χ1) is 10.1. The summed E-state index contributed by atoms with van der Waals surface area (Å²) in [5.74, 6) is 2.31. The number of para-hydroxylation sites is 2. The molecule has 1 unspecified atom stereocenters. The number of benzene rings is 2. The van der Waals surface area contributed by atoms with Crippen LogP contribution in [0.15, 0.2) is 42.5 Å². The summed E-state index contributed by atoms with van der Waals surface area (Å²) in [6, 6.07) is 14.0. The number of hydrogen-bond donors (Lipinski definition) is 1. The van der Waals surface area contributed by atoms with E-state index in [0.717, 1.165) is 23.7 Å². The van der Waals surface area contributed by atoms with E-state index >= 15 is 0 Å². The van der Waals surface area contributed by atoms with Crippen LogP contribution in [0.2, 0.25) is 0 Å². The van der Waals surface area contributed by atoms with Gasteiger partial charge in [-0.3, -0.25) is 0 Å². The fourth-order valence-electron chi connectivity index (χ4n) is 2.24. The van der Waals surface area contributed by atoms with Crippen molar-refractivity contribution in [2.75, 3.05) is 6.61 Å². The minimum Gasteiger partial charge on any atom is -0.490 e. The molecule has 3 nitrogen and oxygen atoms in total. The van der Waals surface area contributed by atoms with Crippen molar-refractivity contribution >= 4 is 0 Å². The van der Waals surface area contributed by atoms with Crippen molar-refractivity contribution in [3.8, 4) is 17.2 Å². The van der Waals surface area contributed by atoms with Crippen LogP contribution in [-0.2, 0) is 6.42 Å². The minimum absolute atomic E-state index is 0.161. The molecule has 0 heterocycles. The third-order valence-corrected chi connectivity index (χ3v) is 3.23. The molecule has 2 aromatic carbocycles. The lowest BCUT2D eigenvalue weighted by atomic mass is 10.0. The fraction of sp³-hybridized carbons (Fsp3) is 0.333. The second-order valence-electron chi connectivity index (χ2n) is 5.25. The van der Waals surface area contributed by atoms with Crippen LogP contribution in [0.5, 0.6) is 17.2 Å². The Morgan fingerprint density at radius 1 is 1.10 bits per heavy atom. The van der Waals surface area contributed by atoms with Crippen LogP contribution in [0.1, 0.15) is 25.0 Å². The molecule has 0 radical (unpaired) electrons. The van der Waals surface area contributed by atoms with Crippen molar-refractivity contribution in [3.05, 3.63) is 53.6 Å².